The Balaban J connectivity index is 1.97. The van der Waals surface area contributed by atoms with Crippen molar-refractivity contribution >= 4 is 34.3 Å². The molecule has 0 aliphatic heterocycles. The van der Waals surface area contributed by atoms with Gasteiger partial charge in [-0.3, -0.25) is 9.59 Å². The predicted molar refractivity (Wildman–Crippen MR) is 105 cm³/mol. The summed E-state index contributed by atoms with van der Waals surface area (Å²) in [7, 11) is 0. The number of aromatic amines is 1. The fourth-order valence-corrected chi connectivity index (χ4v) is 3.63. The summed E-state index contributed by atoms with van der Waals surface area (Å²) in [4.78, 5) is 28.6. The number of anilines is 1. The fraction of sp³-hybridized carbons (Fsp3) is 0.200. The van der Waals surface area contributed by atoms with Gasteiger partial charge in [0, 0.05) is 21.5 Å². The smallest absolute Gasteiger partial charge is 0.256 e. The second-order valence-electron chi connectivity index (χ2n) is 5.83. The number of fused-ring (bicyclic) bond motifs is 1. The first-order valence-electron chi connectivity index (χ1n) is 8.15. The molecule has 4 nitrogen and oxygen atoms in total. The van der Waals surface area contributed by atoms with Crippen molar-refractivity contribution in [1.82, 2.24) is 4.98 Å². The number of thioether (sulfide) groups is 1. The van der Waals surface area contributed by atoms with Crippen molar-refractivity contribution < 1.29 is 4.79 Å². The Bertz CT molecular complexity index is 1010. The Morgan fingerprint density at radius 3 is 2.68 bits per heavy atom. The first-order valence-corrected chi connectivity index (χ1v) is 9.37. The predicted octanol–water partition coefficient (Wildman–Crippen LogP) is 4.37. The van der Waals surface area contributed by atoms with E-state index in [-0.39, 0.29) is 11.5 Å². The summed E-state index contributed by atoms with van der Waals surface area (Å²) < 4.78 is 0. The lowest BCUT2D eigenvalue weighted by Gasteiger charge is -2.11. The van der Waals surface area contributed by atoms with E-state index in [1.54, 1.807) is 0 Å². The van der Waals surface area contributed by atoms with Gasteiger partial charge in [-0.05, 0) is 49.4 Å². The summed E-state index contributed by atoms with van der Waals surface area (Å²) in [6, 6.07) is 13.1. The van der Waals surface area contributed by atoms with Crippen molar-refractivity contribution in [1.29, 1.82) is 0 Å². The molecule has 0 spiro atoms. The van der Waals surface area contributed by atoms with Gasteiger partial charge in [0.25, 0.3) is 11.5 Å². The molecule has 2 N–H and O–H groups in total. The van der Waals surface area contributed by atoms with Crippen LogP contribution in [0.15, 0.2) is 52.2 Å². The molecule has 0 saturated heterocycles. The van der Waals surface area contributed by atoms with E-state index in [1.165, 1.54) is 11.8 Å². The van der Waals surface area contributed by atoms with Gasteiger partial charge in [-0.2, -0.15) is 0 Å². The molecule has 0 atom stereocenters. The highest BCUT2D eigenvalue weighted by Crippen LogP contribution is 2.24. The fourth-order valence-electron chi connectivity index (χ4n) is 3.04. The number of aromatic nitrogens is 1. The molecule has 0 unspecified atom stereocenters. The molecule has 2 aromatic carbocycles. The minimum absolute atomic E-state index is 0.0660. The van der Waals surface area contributed by atoms with Crippen LogP contribution in [0.5, 0.6) is 0 Å². The highest BCUT2D eigenvalue weighted by molar-refractivity contribution is 7.98. The largest absolute Gasteiger partial charge is 0.322 e. The van der Waals surface area contributed by atoms with E-state index in [0.717, 1.165) is 26.9 Å². The molecule has 0 bridgehead atoms. The minimum atomic E-state index is -0.159. The molecule has 0 fully saturated rings. The summed E-state index contributed by atoms with van der Waals surface area (Å²) in [5.41, 5.74) is 3.76. The van der Waals surface area contributed by atoms with E-state index in [1.807, 2.05) is 62.6 Å². The molecule has 0 radical (unpaired) electrons. The lowest BCUT2D eigenvalue weighted by Crippen LogP contribution is -2.15. The number of carbonyl (C=O) groups is 1. The van der Waals surface area contributed by atoms with Gasteiger partial charge in [-0.1, -0.05) is 25.1 Å². The van der Waals surface area contributed by atoms with E-state index in [2.05, 4.69) is 10.3 Å². The summed E-state index contributed by atoms with van der Waals surface area (Å²) >= 11 is 1.54. The van der Waals surface area contributed by atoms with Crippen LogP contribution in [0.3, 0.4) is 0 Å². The minimum Gasteiger partial charge on any atom is -0.322 e. The number of pyridine rings is 1. The standard InChI is InChI=1S/C20H20N2O2S/c1-4-14-12(2)15-10-9-13(11-17(15)22-19(14)23)21-20(24)16-7-5-6-8-18(16)25-3/h5-11H,4H2,1-3H3,(H,21,24)(H,22,23). The van der Waals surface area contributed by atoms with Crippen LogP contribution in [0.25, 0.3) is 10.9 Å². The Kier molecular flexibility index (Phi) is 4.95. The zero-order valence-corrected chi connectivity index (χ0v) is 15.3. The van der Waals surface area contributed by atoms with Crippen LogP contribution in [0.1, 0.15) is 28.4 Å². The monoisotopic (exact) mass is 352 g/mol. The summed E-state index contributed by atoms with van der Waals surface area (Å²) in [6.45, 7) is 3.94. The highest BCUT2D eigenvalue weighted by Gasteiger charge is 2.12. The number of aryl methyl sites for hydroxylation is 1. The molecule has 3 aromatic rings. The van der Waals surface area contributed by atoms with Crippen molar-refractivity contribution in [3.05, 3.63) is 69.5 Å². The van der Waals surface area contributed by atoms with Crippen LogP contribution < -0.4 is 10.9 Å². The zero-order valence-electron chi connectivity index (χ0n) is 14.5. The molecule has 3 rings (SSSR count). The second-order valence-corrected chi connectivity index (χ2v) is 6.67. The Hall–Kier alpha value is -2.53. The number of H-pyrrole nitrogens is 1. The maximum atomic E-state index is 12.6. The zero-order chi connectivity index (χ0) is 18.0. The normalized spacial score (nSPS) is 10.8. The van der Waals surface area contributed by atoms with Crippen molar-refractivity contribution in [2.24, 2.45) is 0 Å². The van der Waals surface area contributed by atoms with Gasteiger partial charge in [0.15, 0.2) is 0 Å². The summed E-state index contributed by atoms with van der Waals surface area (Å²) in [6.07, 6.45) is 2.64. The first kappa shape index (κ1) is 17.3. The van der Waals surface area contributed by atoms with Crippen molar-refractivity contribution in [3.63, 3.8) is 0 Å². The van der Waals surface area contributed by atoms with Gasteiger partial charge in [-0.25, -0.2) is 0 Å². The molecule has 128 valence electrons. The summed E-state index contributed by atoms with van der Waals surface area (Å²) in [5, 5.41) is 3.92. The molecule has 25 heavy (non-hydrogen) atoms. The molecule has 1 amide bonds. The summed E-state index contributed by atoms with van der Waals surface area (Å²) in [5.74, 6) is -0.159. The van der Waals surface area contributed by atoms with Gasteiger partial charge in [0.05, 0.1) is 11.1 Å². The number of hydrogen-bond acceptors (Lipinski definition) is 3. The highest BCUT2D eigenvalue weighted by atomic mass is 32.2. The van der Waals surface area contributed by atoms with Crippen LogP contribution >= 0.6 is 11.8 Å². The van der Waals surface area contributed by atoms with E-state index < -0.39 is 0 Å². The molecule has 0 aliphatic rings. The molecule has 1 heterocycles. The average Bonchev–Trinajstić information content (AvgIpc) is 2.61. The van der Waals surface area contributed by atoms with Gasteiger partial charge in [0.2, 0.25) is 0 Å². The van der Waals surface area contributed by atoms with E-state index in [9.17, 15) is 9.59 Å². The van der Waals surface area contributed by atoms with Crippen molar-refractivity contribution in [2.75, 3.05) is 11.6 Å². The molecule has 1 aromatic heterocycles. The Labute approximate surface area is 150 Å². The van der Waals surface area contributed by atoms with Gasteiger partial charge in [0.1, 0.15) is 0 Å². The van der Waals surface area contributed by atoms with Gasteiger partial charge >= 0.3 is 0 Å². The van der Waals surface area contributed by atoms with Crippen molar-refractivity contribution in [3.8, 4) is 0 Å². The van der Waals surface area contributed by atoms with Crippen LogP contribution in [0, 0.1) is 6.92 Å². The quantitative estimate of drug-likeness (QED) is 0.685. The third-order valence-corrected chi connectivity index (χ3v) is 5.16. The van der Waals surface area contributed by atoms with Crippen LogP contribution in [0.2, 0.25) is 0 Å². The van der Waals surface area contributed by atoms with Crippen LogP contribution in [-0.2, 0) is 6.42 Å². The lowest BCUT2D eigenvalue weighted by molar-refractivity contribution is 0.102. The number of nitrogens with one attached hydrogen (secondary N) is 2. The van der Waals surface area contributed by atoms with E-state index in [0.29, 0.717) is 17.7 Å². The maximum absolute atomic E-state index is 12.6. The Morgan fingerprint density at radius 2 is 1.96 bits per heavy atom. The third kappa shape index (κ3) is 3.33. The maximum Gasteiger partial charge on any atom is 0.256 e. The number of benzene rings is 2. The third-order valence-electron chi connectivity index (χ3n) is 4.36. The number of amides is 1. The first-order chi connectivity index (χ1) is 12.0. The van der Waals surface area contributed by atoms with E-state index in [4.69, 9.17) is 0 Å². The SMILES string of the molecule is CCc1c(C)c2ccc(NC(=O)c3ccccc3SC)cc2[nH]c1=O. The lowest BCUT2D eigenvalue weighted by atomic mass is 10.0. The van der Waals surface area contributed by atoms with Crippen LogP contribution in [-0.4, -0.2) is 17.1 Å². The molecular weight excluding hydrogens is 332 g/mol. The molecular formula is C20H20N2O2S. The number of hydrogen-bond donors (Lipinski definition) is 2. The molecule has 5 heteroatoms. The van der Waals surface area contributed by atoms with Crippen molar-refractivity contribution in [2.45, 2.75) is 25.2 Å². The average molecular weight is 352 g/mol. The van der Waals surface area contributed by atoms with Gasteiger partial charge < -0.3 is 10.3 Å². The molecule has 0 aliphatic carbocycles. The topological polar surface area (TPSA) is 62.0 Å². The number of rotatable bonds is 4. The van der Waals surface area contributed by atoms with Gasteiger partial charge in [-0.15, -0.1) is 11.8 Å². The Morgan fingerprint density at radius 1 is 1.20 bits per heavy atom. The number of carbonyl (C=O) groups excluding carboxylic acids is 1. The van der Waals surface area contributed by atoms with E-state index >= 15 is 0 Å². The van der Waals surface area contributed by atoms with Crippen LogP contribution in [0.4, 0.5) is 5.69 Å². The molecule has 0 saturated carbocycles. The second kappa shape index (κ2) is 7.15.